The summed E-state index contributed by atoms with van der Waals surface area (Å²) in [6, 6.07) is 7.07. The number of para-hydroxylation sites is 1. The number of hydrogen-bond acceptors (Lipinski definition) is 3. The summed E-state index contributed by atoms with van der Waals surface area (Å²) < 4.78 is 27.8. The quantitative estimate of drug-likeness (QED) is 0.848. The SMILES string of the molecule is CCNc1ccccc1S(=O)(=O)NCC1CCCC(C)C1. The second-order valence-electron chi connectivity index (χ2n) is 6.02. The highest BCUT2D eigenvalue weighted by Crippen LogP contribution is 2.28. The van der Waals surface area contributed by atoms with Crippen LogP contribution < -0.4 is 10.0 Å². The van der Waals surface area contributed by atoms with Gasteiger partial charge in [-0.15, -0.1) is 0 Å². The van der Waals surface area contributed by atoms with Gasteiger partial charge in [0.1, 0.15) is 4.90 Å². The number of sulfonamides is 1. The Morgan fingerprint density at radius 1 is 1.24 bits per heavy atom. The van der Waals surface area contributed by atoms with Crippen molar-refractivity contribution in [3.63, 3.8) is 0 Å². The topological polar surface area (TPSA) is 58.2 Å². The smallest absolute Gasteiger partial charge is 0.242 e. The van der Waals surface area contributed by atoms with Crippen molar-refractivity contribution in [3.05, 3.63) is 24.3 Å². The Morgan fingerprint density at radius 2 is 2.00 bits per heavy atom. The maximum absolute atomic E-state index is 12.5. The van der Waals surface area contributed by atoms with Crippen LogP contribution in [0.15, 0.2) is 29.2 Å². The van der Waals surface area contributed by atoms with Crippen LogP contribution in [0.5, 0.6) is 0 Å². The molecule has 1 aromatic rings. The van der Waals surface area contributed by atoms with E-state index in [9.17, 15) is 8.42 Å². The Balaban J connectivity index is 2.04. The van der Waals surface area contributed by atoms with Gasteiger partial charge in [0.25, 0.3) is 0 Å². The predicted molar refractivity (Wildman–Crippen MR) is 86.9 cm³/mol. The molecule has 0 aliphatic heterocycles. The first kappa shape index (κ1) is 16.3. The summed E-state index contributed by atoms with van der Waals surface area (Å²) in [7, 11) is -3.44. The molecule has 0 spiro atoms. The van der Waals surface area contributed by atoms with Gasteiger partial charge >= 0.3 is 0 Å². The lowest BCUT2D eigenvalue weighted by atomic mass is 9.83. The van der Waals surface area contributed by atoms with Crippen molar-refractivity contribution in [1.29, 1.82) is 0 Å². The molecular formula is C16H26N2O2S. The molecule has 0 radical (unpaired) electrons. The van der Waals surface area contributed by atoms with Gasteiger partial charge in [-0.3, -0.25) is 0 Å². The molecule has 1 aliphatic carbocycles. The third-order valence-corrected chi connectivity index (χ3v) is 5.63. The van der Waals surface area contributed by atoms with Crippen LogP contribution in [0.25, 0.3) is 0 Å². The fourth-order valence-electron chi connectivity index (χ4n) is 3.09. The summed E-state index contributed by atoms with van der Waals surface area (Å²) in [6.07, 6.45) is 4.73. The lowest BCUT2D eigenvalue weighted by Crippen LogP contribution is -2.32. The van der Waals surface area contributed by atoms with E-state index in [1.807, 2.05) is 13.0 Å². The van der Waals surface area contributed by atoms with Crippen LogP contribution in [0.1, 0.15) is 39.5 Å². The van der Waals surface area contributed by atoms with E-state index in [1.54, 1.807) is 18.2 Å². The second-order valence-corrected chi connectivity index (χ2v) is 7.75. The highest BCUT2D eigenvalue weighted by atomic mass is 32.2. The minimum atomic E-state index is -3.44. The molecule has 1 aromatic carbocycles. The number of anilines is 1. The molecule has 1 aliphatic rings. The minimum Gasteiger partial charge on any atom is -0.384 e. The van der Waals surface area contributed by atoms with E-state index in [0.717, 1.165) is 12.8 Å². The summed E-state index contributed by atoms with van der Waals surface area (Å²) in [5.41, 5.74) is 0.671. The van der Waals surface area contributed by atoms with Crippen LogP contribution in [0.4, 0.5) is 5.69 Å². The van der Waals surface area contributed by atoms with E-state index in [2.05, 4.69) is 17.0 Å². The first-order valence-corrected chi connectivity index (χ1v) is 9.33. The van der Waals surface area contributed by atoms with Crippen LogP contribution in [-0.2, 0) is 10.0 Å². The van der Waals surface area contributed by atoms with Crippen molar-refractivity contribution in [2.75, 3.05) is 18.4 Å². The van der Waals surface area contributed by atoms with Crippen molar-refractivity contribution in [2.24, 2.45) is 11.8 Å². The number of hydrogen-bond donors (Lipinski definition) is 2. The van der Waals surface area contributed by atoms with Crippen molar-refractivity contribution < 1.29 is 8.42 Å². The normalized spacial score (nSPS) is 23.0. The fourth-order valence-corrected chi connectivity index (χ4v) is 4.39. The van der Waals surface area contributed by atoms with Gasteiger partial charge in [-0.25, -0.2) is 13.1 Å². The molecule has 2 unspecified atom stereocenters. The first-order chi connectivity index (χ1) is 10.0. The summed E-state index contributed by atoms with van der Waals surface area (Å²) >= 11 is 0. The van der Waals surface area contributed by atoms with Gasteiger partial charge in [0.15, 0.2) is 0 Å². The molecule has 2 rings (SSSR count). The van der Waals surface area contributed by atoms with Gasteiger partial charge in [-0.2, -0.15) is 0 Å². The fraction of sp³-hybridized carbons (Fsp3) is 0.625. The average molecular weight is 310 g/mol. The van der Waals surface area contributed by atoms with Gasteiger partial charge in [-0.1, -0.05) is 31.9 Å². The zero-order valence-corrected chi connectivity index (χ0v) is 13.7. The van der Waals surface area contributed by atoms with E-state index in [4.69, 9.17) is 0 Å². The van der Waals surface area contributed by atoms with E-state index < -0.39 is 10.0 Å². The Morgan fingerprint density at radius 3 is 2.71 bits per heavy atom. The first-order valence-electron chi connectivity index (χ1n) is 7.85. The zero-order valence-electron chi connectivity index (χ0n) is 12.9. The lowest BCUT2D eigenvalue weighted by Gasteiger charge is -2.26. The molecule has 0 bridgehead atoms. The molecular weight excluding hydrogens is 284 g/mol. The molecule has 2 atom stereocenters. The average Bonchev–Trinajstić information content (AvgIpc) is 2.46. The zero-order chi connectivity index (χ0) is 15.3. The molecule has 0 saturated heterocycles. The molecule has 4 nitrogen and oxygen atoms in total. The highest BCUT2D eigenvalue weighted by Gasteiger charge is 2.23. The lowest BCUT2D eigenvalue weighted by molar-refractivity contribution is 0.283. The van der Waals surface area contributed by atoms with Crippen LogP contribution in [0.2, 0.25) is 0 Å². The maximum Gasteiger partial charge on any atom is 0.242 e. The Hall–Kier alpha value is -1.07. The minimum absolute atomic E-state index is 0.343. The molecule has 1 saturated carbocycles. The van der Waals surface area contributed by atoms with E-state index in [-0.39, 0.29) is 0 Å². The standard InChI is InChI=1S/C16H26N2O2S/c1-3-17-15-9-4-5-10-16(15)21(19,20)18-12-14-8-6-7-13(2)11-14/h4-5,9-10,13-14,17-18H,3,6-8,11-12H2,1-2H3. The van der Waals surface area contributed by atoms with Crippen LogP contribution in [0.3, 0.4) is 0 Å². The molecule has 0 amide bonds. The largest absolute Gasteiger partial charge is 0.384 e. The molecule has 5 heteroatoms. The van der Waals surface area contributed by atoms with Gasteiger partial charge in [0.05, 0.1) is 5.69 Å². The Labute approximate surface area is 128 Å². The number of benzene rings is 1. The molecule has 0 aromatic heterocycles. The van der Waals surface area contributed by atoms with Crippen LogP contribution in [-0.4, -0.2) is 21.5 Å². The van der Waals surface area contributed by atoms with Crippen LogP contribution >= 0.6 is 0 Å². The molecule has 0 heterocycles. The number of nitrogens with one attached hydrogen (secondary N) is 2. The molecule has 21 heavy (non-hydrogen) atoms. The van der Waals surface area contributed by atoms with Gasteiger partial charge < -0.3 is 5.32 Å². The monoisotopic (exact) mass is 310 g/mol. The number of rotatable bonds is 6. The van der Waals surface area contributed by atoms with Crippen molar-refractivity contribution >= 4 is 15.7 Å². The summed E-state index contributed by atoms with van der Waals surface area (Å²) in [5.74, 6) is 1.18. The third-order valence-electron chi connectivity index (χ3n) is 4.15. The third kappa shape index (κ3) is 4.45. The molecule has 118 valence electrons. The predicted octanol–water partition coefficient (Wildman–Crippen LogP) is 3.22. The summed E-state index contributed by atoms with van der Waals surface area (Å²) in [6.45, 7) is 5.46. The van der Waals surface area contributed by atoms with Gasteiger partial charge in [0.2, 0.25) is 10.0 Å². The van der Waals surface area contributed by atoms with Gasteiger partial charge in [0, 0.05) is 13.1 Å². The van der Waals surface area contributed by atoms with Crippen molar-refractivity contribution in [3.8, 4) is 0 Å². The summed E-state index contributed by atoms with van der Waals surface area (Å²) in [5, 5.41) is 3.11. The second kappa shape index (κ2) is 7.27. The Kier molecular flexibility index (Phi) is 5.65. The molecule has 1 fully saturated rings. The van der Waals surface area contributed by atoms with E-state index in [1.165, 1.54) is 12.8 Å². The maximum atomic E-state index is 12.5. The molecule has 2 N–H and O–H groups in total. The van der Waals surface area contributed by atoms with Crippen molar-refractivity contribution in [1.82, 2.24) is 4.72 Å². The van der Waals surface area contributed by atoms with Gasteiger partial charge in [-0.05, 0) is 43.7 Å². The Bertz CT molecular complexity index is 557. The van der Waals surface area contributed by atoms with Crippen molar-refractivity contribution in [2.45, 2.75) is 44.4 Å². The van der Waals surface area contributed by atoms with Crippen LogP contribution in [0, 0.1) is 11.8 Å². The van der Waals surface area contributed by atoms with E-state index in [0.29, 0.717) is 35.5 Å². The van der Waals surface area contributed by atoms with E-state index >= 15 is 0 Å². The highest BCUT2D eigenvalue weighted by molar-refractivity contribution is 7.89. The summed E-state index contributed by atoms with van der Waals surface area (Å²) in [4.78, 5) is 0.343.